The lowest BCUT2D eigenvalue weighted by Crippen LogP contribution is -2.55. The van der Waals surface area contributed by atoms with E-state index in [1.165, 1.54) is 11.1 Å². The lowest BCUT2D eigenvalue weighted by molar-refractivity contribution is -0.141. The monoisotopic (exact) mass is 290 g/mol. The summed E-state index contributed by atoms with van der Waals surface area (Å²) in [5, 5.41) is 0. The van der Waals surface area contributed by atoms with Gasteiger partial charge in [-0.15, -0.1) is 0 Å². The molecule has 1 aromatic carbocycles. The van der Waals surface area contributed by atoms with E-state index in [0.717, 1.165) is 44.2 Å². The third kappa shape index (κ3) is 3.18. The lowest BCUT2D eigenvalue weighted by Gasteiger charge is -2.41. The highest BCUT2D eigenvalue weighted by Crippen LogP contribution is 2.22. The highest BCUT2D eigenvalue weighted by Gasteiger charge is 2.35. The zero-order valence-electron chi connectivity index (χ0n) is 12.0. The number of thioether (sulfide) groups is 1. The van der Waals surface area contributed by atoms with Gasteiger partial charge in [-0.2, -0.15) is 11.8 Å². The minimum Gasteiger partial charge on any atom is -0.341 e. The number of carbonyl (C=O) groups excluding carboxylic acids is 1. The Bertz CT molecular complexity index is 462. The first-order valence-corrected chi connectivity index (χ1v) is 8.52. The maximum absolute atomic E-state index is 12.3. The Morgan fingerprint density at radius 1 is 1.20 bits per heavy atom. The highest BCUT2D eigenvalue weighted by molar-refractivity contribution is 7.99. The molecule has 0 aliphatic carbocycles. The summed E-state index contributed by atoms with van der Waals surface area (Å²) >= 11 is 1.95. The minimum absolute atomic E-state index is 0.239. The van der Waals surface area contributed by atoms with Crippen molar-refractivity contribution >= 4 is 17.7 Å². The predicted octanol–water partition coefficient (Wildman–Crippen LogP) is 2.00. The molecule has 0 unspecified atom stereocenters. The van der Waals surface area contributed by atoms with Gasteiger partial charge in [0.25, 0.3) is 0 Å². The van der Waals surface area contributed by atoms with Crippen molar-refractivity contribution in [2.45, 2.75) is 13.5 Å². The number of hydrogen-bond acceptors (Lipinski definition) is 3. The molecule has 0 spiro atoms. The van der Waals surface area contributed by atoms with Crippen LogP contribution in [0.5, 0.6) is 0 Å². The summed E-state index contributed by atoms with van der Waals surface area (Å²) in [7, 11) is 0. The Hall–Kier alpha value is -1.00. The van der Waals surface area contributed by atoms with Crippen LogP contribution in [0.1, 0.15) is 11.1 Å². The van der Waals surface area contributed by atoms with Gasteiger partial charge < -0.3 is 4.90 Å². The number of amides is 1. The number of nitrogens with zero attached hydrogens (tertiary/aromatic N) is 2. The number of rotatable bonds is 3. The van der Waals surface area contributed by atoms with Gasteiger partial charge in [0, 0.05) is 44.2 Å². The van der Waals surface area contributed by atoms with Crippen LogP contribution in [0.25, 0.3) is 0 Å². The van der Waals surface area contributed by atoms with E-state index in [9.17, 15) is 4.79 Å². The van der Waals surface area contributed by atoms with Crippen molar-refractivity contribution in [2.24, 2.45) is 5.92 Å². The summed E-state index contributed by atoms with van der Waals surface area (Å²) < 4.78 is 0. The van der Waals surface area contributed by atoms with Gasteiger partial charge in [0.2, 0.25) is 5.91 Å². The quantitative estimate of drug-likeness (QED) is 0.851. The molecular weight excluding hydrogens is 268 g/mol. The number of benzene rings is 1. The van der Waals surface area contributed by atoms with Crippen LogP contribution in [-0.2, 0) is 11.3 Å². The van der Waals surface area contributed by atoms with E-state index >= 15 is 0 Å². The number of likely N-dealkylation sites (tertiary alicyclic amines) is 1. The first-order chi connectivity index (χ1) is 9.72. The summed E-state index contributed by atoms with van der Waals surface area (Å²) in [4.78, 5) is 16.7. The van der Waals surface area contributed by atoms with Crippen molar-refractivity contribution < 1.29 is 4.79 Å². The molecule has 3 nitrogen and oxygen atoms in total. The molecule has 0 atom stereocenters. The molecule has 108 valence electrons. The molecule has 0 aromatic heterocycles. The van der Waals surface area contributed by atoms with E-state index in [1.807, 2.05) is 11.8 Å². The van der Waals surface area contributed by atoms with Gasteiger partial charge in [-0.1, -0.05) is 29.8 Å². The molecule has 1 amide bonds. The fourth-order valence-corrected chi connectivity index (χ4v) is 3.75. The molecule has 0 radical (unpaired) electrons. The Balaban J connectivity index is 1.46. The summed E-state index contributed by atoms with van der Waals surface area (Å²) in [5.41, 5.74) is 2.64. The number of aryl methyl sites for hydroxylation is 1. The summed E-state index contributed by atoms with van der Waals surface area (Å²) in [6.07, 6.45) is 0. The van der Waals surface area contributed by atoms with Gasteiger partial charge in [-0.05, 0) is 12.5 Å². The summed E-state index contributed by atoms with van der Waals surface area (Å²) in [5.74, 6) is 2.82. The molecule has 1 aromatic rings. The highest BCUT2D eigenvalue weighted by atomic mass is 32.2. The van der Waals surface area contributed by atoms with E-state index < -0.39 is 0 Å². The maximum atomic E-state index is 12.3. The van der Waals surface area contributed by atoms with Gasteiger partial charge in [0.15, 0.2) is 0 Å². The fourth-order valence-electron chi connectivity index (χ4n) is 2.85. The van der Waals surface area contributed by atoms with Crippen LogP contribution in [0, 0.1) is 12.8 Å². The normalized spacial score (nSPS) is 20.8. The van der Waals surface area contributed by atoms with Crippen LogP contribution >= 0.6 is 11.8 Å². The predicted molar refractivity (Wildman–Crippen MR) is 83.9 cm³/mol. The Kier molecular flexibility index (Phi) is 4.32. The molecular formula is C16H22N2OS. The van der Waals surface area contributed by atoms with Crippen molar-refractivity contribution in [3.63, 3.8) is 0 Å². The van der Waals surface area contributed by atoms with Crippen LogP contribution in [-0.4, -0.2) is 53.4 Å². The standard InChI is InChI=1S/C16H22N2OS/c1-13-2-4-14(5-3-13)10-17-11-15(12-17)16(19)18-6-8-20-9-7-18/h2-5,15H,6-12H2,1H3. The van der Waals surface area contributed by atoms with Crippen molar-refractivity contribution in [2.75, 3.05) is 37.7 Å². The topological polar surface area (TPSA) is 23.6 Å². The van der Waals surface area contributed by atoms with Crippen molar-refractivity contribution in [1.82, 2.24) is 9.80 Å². The molecule has 0 saturated carbocycles. The third-order valence-corrected chi connectivity index (χ3v) is 5.10. The summed E-state index contributed by atoms with van der Waals surface area (Å²) in [6, 6.07) is 8.69. The van der Waals surface area contributed by atoms with Crippen molar-refractivity contribution in [1.29, 1.82) is 0 Å². The molecule has 4 heteroatoms. The minimum atomic E-state index is 0.239. The fraction of sp³-hybridized carbons (Fsp3) is 0.562. The van der Waals surface area contributed by atoms with Crippen molar-refractivity contribution in [3.8, 4) is 0 Å². The van der Waals surface area contributed by atoms with Gasteiger partial charge in [-0.25, -0.2) is 0 Å². The number of carbonyl (C=O) groups is 1. The van der Waals surface area contributed by atoms with E-state index in [0.29, 0.717) is 5.91 Å². The van der Waals surface area contributed by atoms with Gasteiger partial charge >= 0.3 is 0 Å². The van der Waals surface area contributed by atoms with Crippen LogP contribution in [0.15, 0.2) is 24.3 Å². The average Bonchev–Trinajstić information content (AvgIpc) is 2.45. The van der Waals surface area contributed by atoms with E-state index in [-0.39, 0.29) is 5.92 Å². The Morgan fingerprint density at radius 2 is 1.85 bits per heavy atom. The molecule has 2 aliphatic heterocycles. The largest absolute Gasteiger partial charge is 0.341 e. The average molecular weight is 290 g/mol. The lowest BCUT2D eigenvalue weighted by atomic mass is 9.97. The van der Waals surface area contributed by atoms with Gasteiger partial charge in [-0.3, -0.25) is 9.69 Å². The van der Waals surface area contributed by atoms with E-state index in [4.69, 9.17) is 0 Å². The summed E-state index contributed by atoms with van der Waals surface area (Å²) in [6.45, 7) is 6.82. The molecule has 2 heterocycles. The van der Waals surface area contributed by atoms with Crippen molar-refractivity contribution in [3.05, 3.63) is 35.4 Å². The molecule has 2 aliphatic rings. The zero-order valence-corrected chi connectivity index (χ0v) is 12.9. The van der Waals surface area contributed by atoms with Crippen LogP contribution in [0.4, 0.5) is 0 Å². The smallest absolute Gasteiger partial charge is 0.228 e. The van der Waals surface area contributed by atoms with Crippen LogP contribution < -0.4 is 0 Å². The third-order valence-electron chi connectivity index (χ3n) is 4.16. The molecule has 3 rings (SSSR count). The first kappa shape index (κ1) is 14.0. The Morgan fingerprint density at radius 3 is 2.50 bits per heavy atom. The maximum Gasteiger partial charge on any atom is 0.228 e. The molecule has 2 saturated heterocycles. The van der Waals surface area contributed by atoms with Crippen LogP contribution in [0.2, 0.25) is 0 Å². The molecule has 0 N–H and O–H groups in total. The molecule has 20 heavy (non-hydrogen) atoms. The van der Waals surface area contributed by atoms with E-state index in [1.54, 1.807) is 0 Å². The number of hydrogen-bond donors (Lipinski definition) is 0. The molecule has 0 bridgehead atoms. The Labute approximate surface area is 125 Å². The second-order valence-electron chi connectivity index (χ2n) is 5.81. The first-order valence-electron chi connectivity index (χ1n) is 7.37. The second kappa shape index (κ2) is 6.19. The van der Waals surface area contributed by atoms with Crippen LogP contribution in [0.3, 0.4) is 0 Å². The van der Waals surface area contributed by atoms with E-state index in [2.05, 4.69) is 41.0 Å². The van der Waals surface area contributed by atoms with Gasteiger partial charge in [0.1, 0.15) is 0 Å². The van der Waals surface area contributed by atoms with Gasteiger partial charge in [0.05, 0.1) is 5.92 Å². The second-order valence-corrected chi connectivity index (χ2v) is 7.04. The molecule has 2 fully saturated rings. The SMILES string of the molecule is Cc1ccc(CN2CC(C(=O)N3CCSCC3)C2)cc1. The zero-order chi connectivity index (χ0) is 13.9.